The van der Waals surface area contributed by atoms with Crippen LogP contribution in [-0.2, 0) is 6.42 Å². The molecule has 0 aliphatic rings. The second-order valence-electron chi connectivity index (χ2n) is 3.82. The Kier molecular flexibility index (Phi) is 5.28. The van der Waals surface area contributed by atoms with Crippen molar-refractivity contribution in [3.8, 4) is 6.07 Å². The molecule has 0 aromatic heterocycles. The van der Waals surface area contributed by atoms with Gasteiger partial charge in [-0.15, -0.1) is 11.8 Å². The van der Waals surface area contributed by atoms with E-state index in [4.69, 9.17) is 5.26 Å². The Hall–Kier alpha value is -0.940. The van der Waals surface area contributed by atoms with E-state index in [1.165, 1.54) is 10.5 Å². The first kappa shape index (κ1) is 12.1. The first-order valence-corrected chi connectivity index (χ1v) is 6.23. The molecular weight excluding hydrogens is 202 g/mol. The highest BCUT2D eigenvalue weighted by Crippen LogP contribution is 2.23. The average Bonchev–Trinajstić information content (AvgIpc) is 2.20. The van der Waals surface area contributed by atoms with E-state index in [1.54, 1.807) is 0 Å². The zero-order valence-corrected chi connectivity index (χ0v) is 10.2. The highest BCUT2D eigenvalue weighted by atomic mass is 32.2. The molecule has 0 spiro atoms. The van der Waals surface area contributed by atoms with Gasteiger partial charge in [0.15, 0.2) is 0 Å². The molecule has 2 heteroatoms. The smallest absolute Gasteiger partial charge is 0.0621 e. The maximum absolute atomic E-state index is 8.43. The van der Waals surface area contributed by atoms with Gasteiger partial charge in [-0.1, -0.05) is 26.0 Å². The van der Waals surface area contributed by atoms with E-state index in [1.807, 2.05) is 11.8 Å². The molecule has 0 radical (unpaired) electrons. The third kappa shape index (κ3) is 4.90. The van der Waals surface area contributed by atoms with E-state index >= 15 is 0 Å². The minimum absolute atomic E-state index is 0.634. The largest absolute Gasteiger partial charge is 0.198 e. The predicted octanol–water partition coefficient (Wildman–Crippen LogP) is 4.03. The summed E-state index contributed by atoms with van der Waals surface area (Å²) < 4.78 is 0. The van der Waals surface area contributed by atoms with Crippen LogP contribution in [0.3, 0.4) is 0 Å². The second kappa shape index (κ2) is 6.53. The van der Waals surface area contributed by atoms with Crippen LogP contribution in [-0.4, -0.2) is 5.25 Å². The molecule has 1 nitrogen and oxygen atoms in total. The Balaban J connectivity index is 2.46. The van der Waals surface area contributed by atoms with Crippen molar-refractivity contribution in [1.29, 1.82) is 5.26 Å². The Bertz CT molecular complexity index is 321. The quantitative estimate of drug-likeness (QED) is 0.551. The normalized spacial score (nSPS) is 10.3. The SMILES string of the molecule is CC(C)Sc1ccc(CCCC#N)cc1. The van der Waals surface area contributed by atoms with Crippen LogP contribution in [0, 0.1) is 11.3 Å². The maximum Gasteiger partial charge on any atom is 0.0621 e. The lowest BCUT2D eigenvalue weighted by atomic mass is 10.1. The fourth-order valence-corrected chi connectivity index (χ4v) is 2.22. The summed E-state index contributed by atoms with van der Waals surface area (Å²) in [4.78, 5) is 1.33. The van der Waals surface area contributed by atoms with Gasteiger partial charge in [0, 0.05) is 16.6 Å². The van der Waals surface area contributed by atoms with Gasteiger partial charge in [-0.2, -0.15) is 5.26 Å². The molecule has 0 aliphatic carbocycles. The van der Waals surface area contributed by atoms with Gasteiger partial charge in [0.1, 0.15) is 0 Å². The van der Waals surface area contributed by atoms with Gasteiger partial charge in [0.2, 0.25) is 0 Å². The Labute approximate surface area is 96.5 Å². The molecule has 0 saturated carbocycles. The number of benzene rings is 1. The molecule has 1 rings (SSSR count). The van der Waals surface area contributed by atoms with Crippen molar-refractivity contribution in [2.24, 2.45) is 0 Å². The molecule has 0 saturated heterocycles. The van der Waals surface area contributed by atoms with Gasteiger partial charge < -0.3 is 0 Å². The van der Waals surface area contributed by atoms with E-state index in [0.717, 1.165) is 12.8 Å². The minimum Gasteiger partial charge on any atom is -0.198 e. The average molecular weight is 219 g/mol. The number of unbranched alkanes of at least 4 members (excludes halogenated alkanes) is 1. The maximum atomic E-state index is 8.43. The zero-order chi connectivity index (χ0) is 11.1. The molecular formula is C13H17NS. The van der Waals surface area contributed by atoms with E-state index in [2.05, 4.69) is 44.2 Å². The number of hydrogen-bond acceptors (Lipinski definition) is 2. The van der Waals surface area contributed by atoms with Gasteiger partial charge in [-0.25, -0.2) is 0 Å². The lowest BCUT2D eigenvalue weighted by Crippen LogP contribution is -1.87. The summed E-state index contributed by atoms with van der Waals surface area (Å²) in [6, 6.07) is 10.9. The Morgan fingerprint density at radius 3 is 2.47 bits per heavy atom. The van der Waals surface area contributed by atoms with Gasteiger partial charge >= 0.3 is 0 Å². The number of aryl methyl sites for hydroxylation is 1. The molecule has 1 aromatic carbocycles. The molecule has 0 atom stereocenters. The molecule has 15 heavy (non-hydrogen) atoms. The summed E-state index contributed by atoms with van der Waals surface area (Å²) in [5.74, 6) is 0. The van der Waals surface area contributed by atoms with E-state index in [9.17, 15) is 0 Å². The third-order valence-corrected chi connectivity index (χ3v) is 3.06. The van der Waals surface area contributed by atoms with Crippen molar-refractivity contribution >= 4 is 11.8 Å². The third-order valence-electron chi connectivity index (χ3n) is 2.05. The molecule has 0 heterocycles. The number of rotatable bonds is 5. The van der Waals surface area contributed by atoms with Gasteiger partial charge in [-0.05, 0) is 30.5 Å². The van der Waals surface area contributed by atoms with Crippen LogP contribution in [0.4, 0.5) is 0 Å². The first-order valence-electron chi connectivity index (χ1n) is 5.35. The second-order valence-corrected chi connectivity index (χ2v) is 5.47. The standard InChI is InChI=1S/C13H17NS/c1-11(2)15-13-8-6-12(7-9-13)5-3-4-10-14/h6-9,11H,3-5H2,1-2H3. The molecule has 80 valence electrons. The molecule has 1 aromatic rings. The van der Waals surface area contributed by atoms with E-state index < -0.39 is 0 Å². The lowest BCUT2D eigenvalue weighted by Gasteiger charge is -2.05. The molecule has 0 amide bonds. The minimum atomic E-state index is 0.634. The van der Waals surface area contributed by atoms with Crippen molar-refractivity contribution in [3.05, 3.63) is 29.8 Å². The molecule has 0 N–H and O–H groups in total. The molecule has 0 bridgehead atoms. The topological polar surface area (TPSA) is 23.8 Å². The van der Waals surface area contributed by atoms with Gasteiger partial charge in [0.25, 0.3) is 0 Å². The zero-order valence-electron chi connectivity index (χ0n) is 9.36. The number of hydrogen-bond donors (Lipinski definition) is 0. The van der Waals surface area contributed by atoms with Crippen molar-refractivity contribution in [3.63, 3.8) is 0 Å². The van der Waals surface area contributed by atoms with Crippen molar-refractivity contribution in [1.82, 2.24) is 0 Å². The lowest BCUT2D eigenvalue weighted by molar-refractivity contribution is 0.849. The van der Waals surface area contributed by atoms with Crippen LogP contribution in [0.15, 0.2) is 29.2 Å². The van der Waals surface area contributed by atoms with Crippen molar-refractivity contribution in [2.45, 2.75) is 43.3 Å². The first-order chi connectivity index (χ1) is 7.22. The number of thioether (sulfide) groups is 1. The highest BCUT2D eigenvalue weighted by molar-refractivity contribution is 7.99. The Morgan fingerprint density at radius 2 is 1.93 bits per heavy atom. The summed E-state index contributed by atoms with van der Waals surface area (Å²) in [5.41, 5.74) is 1.33. The van der Waals surface area contributed by atoms with Crippen molar-refractivity contribution < 1.29 is 0 Å². The summed E-state index contributed by atoms with van der Waals surface area (Å²) >= 11 is 1.88. The van der Waals surface area contributed by atoms with Crippen LogP contribution in [0.25, 0.3) is 0 Å². The fraction of sp³-hybridized carbons (Fsp3) is 0.462. The monoisotopic (exact) mass is 219 g/mol. The fourth-order valence-electron chi connectivity index (χ4n) is 1.38. The van der Waals surface area contributed by atoms with Gasteiger partial charge in [-0.3, -0.25) is 0 Å². The molecule has 0 fully saturated rings. The van der Waals surface area contributed by atoms with Crippen LogP contribution in [0.5, 0.6) is 0 Å². The summed E-state index contributed by atoms with van der Waals surface area (Å²) in [5, 5.41) is 9.07. The summed E-state index contributed by atoms with van der Waals surface area (Å²) in [7, 11) is 0. The molecule has 0 aliphatic heterocycles. The molecule has 0 unspecified atom stereocenters. The number of nitriles is 1. The summed E-state index contributed by atoms with van der Waals surface area (Å²) in [6.07, 6.45) is 2.63. The van der Waals surface area contributed by atoms with Crippen LogP contribution >= 0.6 is 11.8 Å². The van der Waals surface area contributed by atoms with Crippen LogP contribution < -0.4 is 0 Å². The van der Waals surface area contributed by atoms with E-state index in [0.29, 0.717) is 11.7 Å². The number of nitrogens with zero attached hydrogens (tertiary/aromatic N) is 1. The highest BCUT2D eigenvalue weighted by Gasteiger charge is 1.98. The Morgan fingerprint density at radius 1 is 1.27 bits per heavy atom. The summed E-state index contributed by atoms with van der Waals surface area (Å²) in [6.45, 7) is 4.40. The van der Waals surface area contributed by atoms with Gasteiger partial charge in [0.05, 0.1) is 6.07 Å². The van der Waals surface area contributed by atoms with Crippen LogP contribution in [0.1, 0.15) is 32.3 Å². The predicted molar refractivity (Wildman–Crippen MR) is 66.0 cm³/mol. The van der Waals surface area contributed by atoms with E-state index in [-0.39, 0.29) is 0 Å². The van der Waals surface area contributed by atoms with Crippen LogP contribution in [0.2, 0.25) is 0 Å². The van der Waals surface area contributed by atoms with Crippen molar-refractivity contribution in [2.75, 3.05) is 0 Å².